The highest BCUT2D eigenvalue weighted by molar-refractivity contribution is 8.00. The molecular formula is C10H17F3N2O3S. The molecule has 0 heterocycles. The number of nitrogens with one attached hydrogen (secondary N) is 2. The Morgan fingerprint density at radius 2 is 1.89 bits per heavy atom. The normalized spacial score (nSPS) is 13.2. The molecule has 0 aliphatic heterocycles. The molecule has 0 unspecified atom stereocenters. The van der Waals surface area contributed by atoms with E-state index in [4.69, 9.17) is 5.11 Å². The predicted molar refractivity (Wildman–Crippen MR) is 65.9 cm³/mol. The Morgan fingerprint density at radius 3 is 2.32 bits per heavy atom. The Bertz CT molecular complexity index is 311. The summed E-state index contributed by atoms with van der Waals surface area (Å²) in [5, 5.41) is 13.2. The van der Waals surface area contributed by atoms with Crippen LogP contribution in [0, 0.1) is 5.92 Å². The monoisotopic (exact) mass is 302 g/mol. The first-order valence-corrected chi connectivity index (χ1v) is 6.58. The van der Waals surface area contributed by atoms with Crippen LogP contribution in [0.4, 0.5) is 18.0 Å². The lowest BCUT2D eigenvalue weighted by atomic mass is 10.0. The molecule has 0 radical (unpaired) electrons. The Hall–Kier alpha value is -1.12. The highest BCUT2D eigenvalue weighted by atomic mass is 32.2. The van der Waals surface area contributed by atoms with Crippen molar-refractivity contribution in [3.8, 4) is 0 Å². The second-order valence-corrected chi connectivity index (χ2v) is 5.37. The standard InChI is InChI=1S/C10H17F3N2O3S/c1-6(2)5-7(8(16)17)15-9(18)14-3-4-19-10(11,12)13/h6-7H,3-5H2,1-2H3,(H,16,17)(H2,14,15,18)/t7-/m0/s1. The minimum Gasteiger partial charge on any atom is -0.480 e. The number of rotatable bonds is 7. The van der Waals surface area contributed by atoms with E-state index in [1.807, 2.05) is 0 Å². The van der Waals surface area contributed by atoms with Gasteiger partial charge in [0.2, 0.25) is 0 Å². The molecule has 3 N–H and O–H groups in total. The molecule has 19 heavy (non-hydrogen) atoms. The molecule has 0 aliphatic rings. The van der Waals surface area contributed by atoms with Gasteiger partial charge in [0.15, 0.2) is 0 Å². The summed E-state index contributed by atoms with van der Waals surface area (Å²) in [5.74, 6) is -1.42. The fraction of sp³-hybridized carbons (Fsp3) is 0.800. The first-order valence-electron chi connectivity index (χ1n) is 5.59. The van der Waals surface area contributed by atoms with Gasteiger partial charge >= 0.3 is 17.5 Å². The molecular weight excluding hydrogens is 285 g/mol. The third kappa shape index (κ3) is 10.5. The molecule has 5 nitrogen and oxygen atoms in total. The van der Waals surface area contributed by atoms with E-state index in [1.165, 1.54) is 0 Å². The quantitative estimate of drug-likeness (QED) is 0.629. The number of carboxylic acid groups (broad SMARTS) is 1. The van der Waals surface area contributed by atoms with Crippen molar-refractivity contribution < 1.29 is 27.9 Å². The maximum Gasteiger partial charge on any atom is 0.441 e. The Balaban J connectivity index is 3.97. The molecule has 0 fully saturated rings. The first-order chi connectivity index (χ1) is 8.61. The van der Waals surface area contributed by atoms with Crippen LogP contribution in [-0.2, 0) is 4.79 Å². The van der Waals surface area contributed by atoms with E-state index >= 15 is 0 Å². The first kappa shape index (κ1) is 17.9. The summed E-state index contributed by atoms with van der Waals surface area (Å²) in [7, 11) is 0. The van der Waals surface area contributed by atoms with Crippen LogP contribution in [0.15, 0.2) is 0 Å². The second kappa shape index (κ2) is 8.13. The SMILES string of the molecule is CC(C)C[C@H](NC(=O)NCCSC(F)(F)F)C(=O)O. The fourth-order valence-electron chi connectivity index (χ4n) is 1.23. The maximum atomic E-state index is 11.8. The van der Waals surface area contributed by atoms with Crippen LogP contribution in [0.2, 0.25) is 0 Å². The molecule has 0 aromatic carbocycles. The topological polar surface area (TPSA) is 78.4 Å². The number of carboxylic acids is 1. The number of carbonyl (C=O) groups excluding carboxylic acids is 1. The Labute approximate surface area is 113 Å². The lowest BCUT2D eigenvalue weighted by Gasteiger charge is -2.16. The van der Waals surface area contributed by atoms with E-state index < -0.39 is 23.6 Å². The summed E-state index contributed by atoms with van der Waals surface area (Å²) in [6.45, 7) is 3.41. The van der Waals surface area contributed by atoms with Gasteiger partial charge < -0.3 is 15.7 Å². The number of aliphatic carboxylic acids is 1. The van der Waals surface area contributed by atoms with Crippen molar-refractivity contribution in [1.29, 1.82) is 0 Å². The molecule has 0 aromatic heterocycles. The molecule has 2 amide bonds. The van der Waals surface area contributed by atoms with Gasteiger partial charge in [0.25, 0.3) is 0 Å². The van der Waals surface area contributed by atoms with Gasteiger partial charge in [0, 0.05) is 12.3 Å². The van der Waals surface area contributed by atoms with Crippen molar-refractivity contribution in [1.82, 2.24) is 10.6 Å². The number of halogens is 3. The van der Waals surface area contributed by atoms with Gasteiger partial charge in [-0.2, -0.15) is 13.2 Å². The van der Waals surface area contributed by atoms with Crippen LogP contribution >= 0.6 is 11.8 Å². The van der Waals surface area contributed by atoms with Crippen LogP contribution < -0.4 is 10.6 Å². The molecule has 0 saturated heterocycles. The van der Waals surface area contributed by atoms with E-state index in [2.05, 4.69) is 10.6 Å². The summed E-state index contributed by atoms with van der Waals surface area (Å²) >= 11 is -0.247. The number of amides is 2. The predicted octanol–water partition coefficient (Wildman–Crippen LogP) is 2.04. The summed E-state index contributed by atoms with van der Waals surface area (Å²) in [6.07, 6.45) is 0.250. The molecule has 0 spiro atoms. The zero-order chi connectivity index (χ0) is 15.1. The third-order valence-corrected chi connectivity index (χ3v) is 2.70. The van der Waals surface area contributed by atoms with E-state index in [0.29, 0.717) is 0 Å². The Kier molecular flexibility index (Phi) is 7.65. The van der Waals surface area contributed by atoms with Gasteiger partial charge in [0.05, 0.1) is 0 Å². The zero-order valence-corrected chi connectivity index (χ0v) is 11.4. The van der Waals surface area contributed by atoms with E-state index in [1.54, 1.807) is 13.8 Å². The molecule has 0 aliphatic carbocycles. The molecule has 9 heteroatoms. The van der Waals surface area contributed by atoms with Gasteiger partial charge in [-0.25, -0.2) is 9.59 Å². The summed E-state index contributed by atoms with van der Waals surface area (Å²) < 4.78 is 35.4. The van der Waals surface area contributed by atoms with Gasteiger partial charge in [-0.15, -0.1) is 0 Å². The van der Waals surface area contributed by atoms with Gasteiger partial charge in [-0.05, 0) is 24.1 Å². The minimum absolute atomic E-state index is 0.0715. The van der Waals surface area contributed by atoms with Crippen molar-refractivity contribution >= 4 is 23.8 Å². The highest BCUT2D eigenvalue weighted by Gasteiger charge is 2.27. The van der Waals surface area contributed by atoms with Crippen molar-refractivity contribution in [3.05, 3.63) is 0 Å². The maximum absolute atomic E-state index is 11.8. The molecule has 0 saturated carbocycles. The average Bonchev–Trinajstić information content (AvgIpc) is 2.21. The molecule has 1 atom stereocenters. The molecule has 0 rings (SSSR count). The smallest absolute Gasteiger partial charge is 0.441 e. The molecule has 0 bridgehead atoms. The lowest BCUT2D eigenvalue weighted by molar-refractivity contribution is -0.139. The van der Waals surface area contributed by atoms with Crippen molar-refractivity contribution in [2.75, 3.05) is 12.3 Å². The number of thioether (sulfide) groups is 1. The Morgan fingerprint density at radius 1 is 1.32 bits per heavy atom. The minimum atomic E-state index is -4.33. The highest BCUT2D eigenvalue weighted by Crippen LogP contribution is 2.29. The third-order valence-electron chi connectivity index (χ3n) is 1.96. The number of alkyl halides is 3. The van der Waals surface area contributed by atoms with E-state index in [9.17, 15) is 22.8 Å². The van der Waals surface area contributed by atoms with Crippen LogP contribution in [0.1, 0.15) is 20.3 Å². The number of carbonyl (C=O) groups is 2. The van der Waals surface area contributed by atoms with Gasteiger partial charge in [-0.1, -0.05) is 13.8 Å². The summed E-state index contributed by atoms with van der Waals surface area (Å²) in [5.41, 5.74) is -4.33. The van der Waals surface area contributed by atoms with Crippen LogP contribution in [0.3, 0.4) is 0 Å². The lowest BCUT2D eigenvalue weighted by Crippen LogP contribution is -2.47. The van der Waals surface area contributed by atoms with Crippen molar-refractivity contribution in [2.45, 2.75) is 31.8 Å². The van der Waals surface area contributed by atoms with Crippen molar-refractivity contribution in [2.24, 2.45) is 5.92 Å². The van der Waals surface area contributed by atoms with Crippen LogP contribution in [0.25, 0.3) is 0 Å². The summed E-state index contributed by atoms with van der Waals surface area (Å²) in [6, 6.07) is -1.83. The van der Waals surface area contributed by atoms with Crippen LogP contribution in [-0.4, -0.2) is 41.0 Å². The average molecular weight is 302 g/mol. The second-order valence-electron chi connectivity index (χ2n) is 4.21. The van der Waals surface area contributed by atoms with Crippen LogP contribution in [0.5, 0.6) is 0 Å². The fourth-order valence-corrected chi connectivity index (χ4v) is 1.67. The number of urea groups is 1. The van der Waals surface area contributed by atoms with Gasteiger partial charge in [0.1, 0.15) is 6.04 Å². The van der Waals surface area contributed by atoms with Gasteiger partial charge in [-0.3, -0.25) is 0 Å². The number of hydrogen-bond donors (Lipinski definition) is 3. The van der Waals surface area contributed by atoms with E-state index in [0.717, 1.165) is 0 Å². The number of hydrogen-bond acceptors (Lipinski definition) is 3. The molecule has 112 valence electrons. The molecule has 0 aromatic rings. The van der Waals surface area contributed by atoms with E-state index in [-0.39, 0.29) is 36.4 Å². The van der Waals surface area contributed by atoms with Crippen molar-refractivity contribution in [3.63, 3.8) is 0 Å². The largest absolute Gasteiger partial charge is 0.480 e. The summed E-state index contributed by atoms with van der Waals surface area (Å²) in [4.78, 5) is 22.1. The zero-order valence-electron chi connectivity index (χ0n) is 10.6.